The fourth-order valence-corrected chi connectivity index (χ4v) is 2.16. The van der Waals surface area contributed by atoms with E-state index in [0.29, 0.717) is 10.0 Å². The van der Waals surface area contributed by atoms with Crippen molar-refractivity contribution in [3.63, 3.8) is 0 Å². The van der Waals surface area contributed by atoms with Crippen LogP contribution in [0.1, 0.15) is 26.7 Å². The Morgan fingerprint density at radius 1 is 0.655 bits per heavy atom. The van der Waals surface area contributed by atoms with Gasteiger partial charge in [0.15, 0.2) is 0 Å². The Morgan fingerprint density at radius 2 is 0.966 bits per heavy atom. The van der Waals surface area contributed by atoms with Gasteiger partial charge in [0, 0.05) is 10.0 Å². The third kappa shape index (κ3) is 15.0. The molecule has 0 aromatic heterocycles. The summed E-state index contributed by atoms with van der Waals surface area (Å²) < 4.78 is 0. The molecule has 0 saturated carbocycles. The van der Waals surface area contributed by atoms with Crippen LogP contribution in [0.2, 0.25) is 10.0 Å². The molecule has 2 aromatic carbocycles. The van der Waals surface area contributed by atoms with Gasteiger partial charge < -0.3 is 10.2 Å². The Balaban J connectivity index is 0.000000359. The second kappa shape index (κ2) is 16.3. The fraction of sp³-hybridized carbons (Fsp3) is 0.167. The molecule has 4 rings (SSSR count). The number of phenols is 2. The molecule has 0 aliphatic heterocycles. The summed E-state index contributed by atoms with van der Waals surface area (Å²) in [6, 6.07) is 12.7. The molecule has 2 nitrogen and oxygen atoms in total. The first kappa shape index (κ1) is 27.5. The average molecular weight is 507 g/mol. The molecule has 0 unspecified atom stereocenters. The van der Waals surface area contributed by atoms with Crippen LogP contribution >= 0.6 is 23.2 Å². The largest absolute Gasteiger partial charge is 2.00 e. The molecule has 0 radical (unpaired) electrons. The maximum Gasteiger partial charge on any atom is 2.00 e. The number of benzene rings is 2. The third-order valence-corrected chi connectivity index (χ3v) is 3.89. The molecule has 0 atom stereocenters. The SMILES string of the molecule is CC1=[C-]CC=C1.CC1=[C-]CC=C1.Oc1ccc(Cl)cc1.Oc1ccc(Cl)cc1.[Zr+2]. The molecule has 2 aliphatic rings. The summed E-state index contributed by atoms with van der Waals surface area (Å²) in [4.78, 5) is 0. The summed E-state index contributed by atoms with van der Waals surface area (Å²) >= 11 is 11.0. The summed E-state index contributed by atoms with van der Waals surface area (Å²) in [5.74, 6) is 0.490. The van der Waals surface area contributed by atoms with Gasteiger partial charge in [0.25, 0.3) is 0 Å². The molecule has 0 amide bonds. The Morgan fingerprint density at radius 3 is 1.10 bits per heavy atom. The Hall–Kier alpha value is -1.54. The zero-order valence-electron chi connectivity index (χ0n) is 16.5. The molecule has 2 aromatic rings. The van der Waals surface area contributed by atoms with Gasteiger partial charge in [-0.3, -0.25) is 12.2 Å². The van der Waals surface area contributed by atoms with Crippen LogP contribution in [0.4, 0.5) is 0 Å². The van der Waals surface area contributed by atoms with E-state index in [2.05, 4.69) is 50.3 Å². The van der Waals surface area contributed by atoms with Crippen molar-refractivity contribution in [3.8, 4) is 11.5 Å². The fourth-order valence-electron chi connectivity index (χ4n) is 1.91. The van der Waals surface area contributed by atoms with Gasteiger partial charge in [0.05, 0.1) is 0 Å². The zero-order chi connectivity index (χ0) is 20.8. The maximum absolute atomic E-state index is 8.70. The van der Waals surface area contributed by atoms with E-state index in [1.54, 1.807) is 48.5 Å². The van der Waals surface area contributed by atoms with Gasteiger partial charge in [-0.25, -0.2) is 23.3 Å². The van der Waals surface area contributed by atoms with Gasteiger partial charge in [-0.1, -0.05) is 37.0 Å². The molecule has 5 heteroatoms. The zero-order valence-corrected chi connectivity index (χ0v) is 20.5. The van der Waals surface area contributed by atoms with Crippen LogP contribution in [0.25, 0.3) is 0 Å². The van der Waals surface area contributed by atoms with Gasteiger partial charge in [0.2, 0.25) is 0 Å². The van der Waals surface area contributed by atoms with Crippen LogP contribution < -0.4 is 0 Å². The summed E-state index contributed by atoms with van der Waals surface area (Å²) in [5.41, 5.74) is 2.55. The summed E-state index contributed by atoms with van der Waals surface area (Å²) in [5, 5.41) is 18.7. The number of hydrogen-bond acceptors (Lipinski definition) is 2. The average Bonchev–Trinajstić information content (AvgIpc) is 3.35. The van der Waals surface area contributed by atoms with Crippen molar-refractivity contribution in [1.29, 1.82) is 0 Å². The van der Waals surface area contributed by atoms with Crippen molar-refractivity contribution >= 4 is 23.2 Å². The van der Waals surface area contributed by atoms with Gasteiger partial charge in [-0.15, -0.1) is 12.8 Å². The molecule has 0 saturated heterocycles. The first-order valence-electron chi connectivity index (χ1n) is 8.74. The maximum atomic E-state index is 8.70. The van der Waals surface area contributed by atoms with Crippen LogP contribution in [0.5, 0.6) is 11.5 Å². The van der Waals surface area contributed by atoms with Gasteiger partial charge in [-0.05, 0) is 48.5 Å². The Bertz CT molecular complexity index is 702. The van der Waals surface area contributed by atoms with Crippen molar-refractivity contribution in [2.45, 2.75) is 26.7 Å². The van der Waals surface area contributed by atoms with Crippen LogP contribution in [0.3, 0.4) is 0 Å². The summed E-state index contributed by atoms with van der Waals surface area (Å²) in [6.07, 6.45) is 16.7. The Kier molecular flexibility index (Phi) is 15.4. The van der Waals surface area contributed by atoms with E-state index >= 15 is 0 Å². The molecule has 0 heterocycles. The first-order valence-corrected chi connectivity index (χ1v) is 9.49. The molecule has 0 spiro atoms. The van der Waals surface area contributed by atoms with E-state index in [0.717, 1.165) is 12.8 Å². The quantitative estimate of drug-likeness (QED) is 0.364. The van der Waals surface area contributed by atoms with Gasteiger partial charge in [0.1, 0.15) is 11.5 Å². The molecule has 29 heavy (non-hydrogen) atoms. The number of phenolic OH excluding ortho intramolecular Hbond substituents is 2. The predicted molar refractivity (Wildman–Crippen MR) is 119 cm³/mol. The van der Waals surface area contributed by atoms with Crippen molar-refractivity contribution in [3.05, 3.63) is 106 Å². The summed E-state index contributed by atoms with van der Waals surface area (Å²) in [7, 11) is 0. The van der Waals surface area contributed by atoms with Gasteiger partial charge >= 0.3 is 26.2 Å². The minimum Gasteiger partial charge on any atom is -0.508 e. The van der Waals surface area contributed by atoms with Crippen molar-refractivity contribution in [2.75, 3.05) is 0 Å². The normalized spacial score (nSPS) is 12.7. The number of halogens is 2. The molecular weight excluding hydrogens is 482 g/mol. The Labute approximate surface area is 203 Å². The standard InChI is InChI=1S/2C6H5ClO.2C6H7.Zr/c2*7-5-1-3-6(8)4-2-5;2*1-6-4-2-3-5-6;/h2*1-4,8H;2*2,4H,3H2,1H3;/q;;2*-1;+2. The molecule has 0 bridgehead atoms. The van der Waals surface area contributed by atoms with E-state index in [-0.39, 0.29) is 37.7 Å². The number of allylic oxidation sites excluding steroid dienone is 8. The minimum atomic E-state index is 0. The summed E-state index contributed by atoms with van der Waals surface area (Å²) in [6.45, 7) is 4.12. The monoisotopic (exact) mass is 504 g/mol. The first-order chi connectivity index (χ1) is 13.4. The smallest absolute Gasteiger partial charge is 0.508 e. The van der Waals surface area contributed by atoms with Crippen molar-refractivity contribution in [2.24, 2.45) is 0 Å². The number of aromatic hydroxyl groups is 2. The van der Waals surface area contributed by atoms with Crippen molar-refractivity contribution < 1.29 is 36.4 Å². The van der Waals surface area contributed by atoms with Gasteiger partial charge in [-0.2, -0.15) is 12.2 Å². The van der Waals surface area contributed by atoms with E-state index < -0.39 is 0 Å². The second-order valence-corrected chi connectivity index (χ2v) is 6.76. The van der Waals surface area contributed by atoms with E-state index in [1.807, 2.05) is 0 Å². The molecule has 2 aliphatic carbocycles. The molecular formula is C24H24Cl2O2Zr. The van der Waals surface area contributed by atoms with Crippen molar-refractivity contribution in [1.82, 2.24) is 0 Å². The predicted octanol–water partition coefficient (Wildman–Crippen LogP) is 7.48. The molecule has 2 N–H and O–H groups in total. The van der Waals surface area contributed by atoms with Crippen LogP contribution in [-0.4, -0.2) is 10.2 Å². The minimum absolute atomic E-state index is 0. The van der Waals surface area contributed by atoms with Crippen LogP contribution in [-0.2, 0) is 26.2 Å². The number of rotatable bonds is 0. The van der Waals surface area contributed by atoms with Crippen LogP contribution in [0, 0.1) is 12.2 Å². The van der Waals surface area contributed by atoms with Crippen LogP contribution in [0.15, 0.2) is 84.0 Å². The number of hydrogen-bond donors (Lipinski definition) is 2. The third-order valence-electron chi connectivity index (χ3n) is 3.39. The van der Waals surface area contributed by atoms with E-state index in [1.165, 1.54) is 11.1 Å². The molecule has 0 fully saturated rings. The second-order valence-electron chi connectivity index (χ2n) is 5.89. The van der Waals surface area contributed by atoms with E-state index in [9.17, 15) is 0 Å². The van der Waals surface area contributed by atoms with E-state index in [4.69, 9.17) is 33.4 Å². The topological polar surface area (TPSA) is 40.5 Å². The molecule has 150 valence electrons.